The number of carbonyl (C=O) groups excluding carboxylic acids is 1. The van der Waals surface area contributed by atoms with Crippen molar-refractivity contribution in [2.75, 3.05) is 20.0 Å². The second kappa shape index (κ2) is 7.25. The summed E-state index contributed by atoms with van der Waals surface area (Å²) in [6.07, 6.45) is 1.48. The van der Waals surface area contributed by atoms with Crippen LogP contribution in [-0.2, 0) is 4.74 Å². The molecule has 0 saturated heterocycles. The molecule has 2 aromatic heterocycles. The summed E-state index contributed by atoms with van der Waals surface area (Å²) in [7, 11) is 2.76. The van der Waals surface area contributed by atoms with E-state index < -0.39 is 5.97 Å². The summed E-state index contributed by atoms with van der Waals surface area (Å²) in [4.78, 5) is 13.9. The van der Waals surface area contributed by atoms with Crippen LogP contribution in [0.15, 0.2) is 42.6 Å². The topological polar surface area (TPSA) is 121 Å². The lowest BCUT2D eigenvalue weighted by Crippen LogP contribution is -2.13. The zero-order valence-electron chi connectivity index (χ0n) is 16.6. The number of ether oxygens (including phenoxy) is 2. The van der Waals surface area contributed by atoms with Crippen LogP contribution in [0.3, 0.4) is 0 Å². The quantitative estimate of drug-likeness (QED) is 0.521. The summed E-state index contributed by atoms with van der Waals surface area (Å²) < 4.78 is 12.1. The number of rotatable bonds is 4. The van der Waals surface area contributed by atoms with Crippen molar-refractivity contribution >= 4 is 22.7 Å². The number of nitrogens with zero attached hydrogens (tertiary/aromatic N) is 5. The first kappa shape index (κ1) is 19.0. The van der Waals surface area contributed by atoms with Crippen molar-refractivity contribution in [2.45, 2.75) is 6.92 Å². The van der Waals surface area contributed by atoms with Crippen molar-refractivity contribution < 1.29 is 14.3 Å². The first-order valence-corrected chi connectivity index (χ1v) is 8.99. The molecule has 0 aliphatic carbocycles. The van der Waals surface area contributed by atoms with E-state index in [2.05, 4.69) is 10.2 Å². The molecule has 9 nitrogen and oxygen atoms in total. The Morgan fingerprint density at radius 2 is 1.77 bits per heavy atom. The second-order valence-electron chi connectivity index (χ2n) is 6.59. The third-order valence-corrected chi connectivity index (χ3v) is 4.70. The maximum atomic E-state index is 12.4. The van der Waals surface area contributed by atoms with Crippen LogP contribution < -0.4 is 10.5 Å². The van der Waals surface area contributed by atoms with E-state index in [1.807, 2.05) is 49.4 Å². The third kappa shape index (κ3) is 2.91. The van der Waals surface area contributed by atoms with Gasteiger partial charge in [-0.15, -0.1) is 15.0 Å². The Kier molecular flexibility index (Phi) is 4.60. The van der Waals surface area contributed by atoms with Crippen LogP contribution in [0.2, 0.25) is 0 Å². The molecule has 0 atom stereocenters. The molecule has 0 radical (unpaired) electrons. The monoisotopic (exact) mass is 402 g/mol. The van der Waals surface area contributed by atoms with Gasteiger partial charge in [0.15, 0.2) is 11.4 Å². The van der Waals surface area contributed by atoms with Crippen molar-refractivity contribution in [3.63, 3.8) is 0 Å². The highest BCUT2D eigenvalue weighted by Gasteiger charge is 2.25. The van der Waals surface area contributed by atoms with Gasteiger partial charge in [-0.2, -0.15) is 5.26 Å². The molecule has 0 amide bonds. The molecule has 0 fully saturated rings. The highest BCUT2D eigenvalue weighted by molar-refractivity contribution is 5.96. The second-order valence-corrected chi connectivity index (χ2v) is 6.59. The molecule has 0 bridgehead atoms. The predicted molar refractivity (Wildman–Crippen MR) is 110 cm³/mol. The van der Waals surface area contributed by atoms with Crippen LogP contribution in [-0.4, -0.2) is 39.7 Å². The van der Waals surface area contributed by atoms with E-state index in [1.54, 1.807) is 0 Å². The number of nitriles is 1. The summed E-state index contributed by atoms with van der Waals surface area (Å²) in [6.45, 7) is 1.89. The lowest BCUT2D eigenvalue weighted by Gasteiger charge is -2.16. The Balaban J connectivity index is 2.01. The Hall–Kier alpha value is -4.32. The van der Waals surface area contributed by atoms with Crippen molar-refractivity contribution in [1.29, 1.82) is 5.26 Å². The van der Waals surface area contributed by atoms with Crippen molar-refractivity contribution in [3.8, 4) is 23.2 Å². The SMILES string of the molecule is COC(=O)c1c(N)c(C#N)cn1-c1cc(C)cc(-n2nc3ccccc3n2)c1OC. The molecule has 4 aromatic rings. The minimum absolute atomic E-state index is 0.0393. The van der Waals surface area contributed by atoms with Gasteiger partial charge in [0.2, 0.25) is 0 Å². The van der Waals surface area contributed by atoms with Gasteiger partial charge in [-0.3, -0.25) is 0 Å². The average Bonchev–Trinajstić information content (AvgIpc) is 3.33. The number of hydrogen-bond acceptors (Lipinski definition) is 7. The smallest absolute Gasteiger partial charge is 0.357 e. The van der Waals surface area contributed by atoms with Crippen LogP contribution >= 0.6 is 0 Å². The molecule has 2 heterocycles. The number of aryl methyl sites for hydroxylation is 1. The average molecular weight is 402 g/mol. The van der Waals surface area contributed by atoms with Gasteiger partial charge in [0.1, 0.15) is 22.8 Å². The van der Waals surface area contributed by atoms with Crippen molar-refractivity contribution in [1.82, 2.24) is 19.6 Å². The van der Waals surface area contributed by atoms with Gasteiger partial charge >= 0.3 is 5.97 Å². The van der Waals surface area contributed by atoms with Gasteiger partial charge in [-0.05, 0) is 36.8 Å². The zero-order valence-corrected chi connectivity index (χ0v) is 16.6. The van der Waals surface area contributed by atoms with E-state index in [0.717, 1.165) is 16.6 Å². The van der Waals surface area contributed by atoms with Gasteiger partial charge in [-0.25, -0.2) is 4.79 Å². The maximum Gasteiger partial charge on any atom is 0.357 e. The van der Waals surface area contributed by atoms with E-state index in [9.17, 15) is 10.1 Å². The first-order chi connectivity index (χ1) is 14.5. The van der Waals surface area contributed by atoms with Gasteiger partial charge in [0, 0.05) is 6.20 Å². The number of benzene rings is 2. The lowest BCUT2D eigenvalue weighted by molar-refractivity contribution is 0.0593. The first-order valence-electron chi connectivity index (χ1n) is 8.99. The Bertz CT molecular complexity index is 1300. The molecule has 9 heteroatoms. The zero-order chi connectivity index (χ0) is 21.4. The number of nitrogens with two attached hydrogens (primary N) is 1. The normalized spacial score (nSPS) is 10.7. The van der Waals surface area contributed by atoms with Gasteiger partial charge in [0.05, 0.1) is 31.2 Å². The molecule has 0 saturated carbocycles. The van der Waals surface area contributed by atoms with Crippen LogP contribution in [0.1, 0.15) is 21.6 Å². The fourth-order valence-corrected chi connectivity index (χ4v) is 3.34. The van der Waals surface area contributed by atoms with Crippen LogP contribution in [0.5, 0.6) is 5.75 Å². The van der Waals surface area contributed by atoms with Crippen LogP contribution in [0.25, 0.3) is 22.4 Å². The number of nitrogen functional groups attached to an aromatic ring is 1. The molecule has 2 N–H and O–H groups in total. The van der Waals surface area contributed by atoms with Crippen LogP contribution in [0, 0.1) is 18.3 Å². The fraction of sp³-hybridized carbons (Fsp3) is 0.143. The number of methoxy groups -OCH3 is 2. The van der Waals surface area contributed by atoms with Gasteiger partial charge in [-0.1, -0.05) is 12.1 Å². The molecule has 4 rings (SSSR count). The van der Waals surface area contributed by atoms with Gasteiger partial charge < -0.3 is 19.8 Å². The summed E-state index contributed by atoms with van der Waals surface area (Å²) in [5, 5.41) is 18.5. The Labute approximate surface area is 171 Å². The number of esters is 1. The van der Waals surface area contributed by atoms with E-state index in [0.29, 0.717) is 17.1 Å². The number of hydrogen-bond donors (Lipinski definition) is 1. The number of fused-ring (bicyclic) bond motifs is 1. The highest BCUT2D eigenvalue weighted by atomic mass is 16.5. The largest absolute Gasteiger partial charge is 0.492 e. The van der Waals surface area contributed by atoms with E-state index >= 15 is 0 Å². The van der Waals surface area contributed by atoms with E-state index in [-0.39, 0.29) is 16.9 Å². The van der Waals surface area contributed by atoms with Gasteiger partial charge in [0.25, 0.3) is 0 Å². The maximum absolute atomic E-state index is 12.4. The molecular formula is C21H18N6O3. The number of anilines is 1. The minimum atomic E-state index is -0.665. The van der Waals surface area contributed by atoms with E-state index in [4.69, 9.17) is 15.2 Å². The number of carbonyl (C=O) groups is 1. The molecular weight excluding hydrogens is 384 g/mol. The summed E-state index contributed by atoms with van der Waals surface area (Å²) in [6, 6.07) is 13.2. The summed E-state index contributed by atoms with van der Waals surface area (Å²) in [5.74, 6) is -0.257. The predicted octanol–water partition coefficient (Wildman–Crippen LogP) is 2.77. The lowest BCUT2D eigenvalue weighted by atomic mass is 10.1. The molecule has 0 aliphatic rings. The highest BCUT2D eigenvalue weighted by Crippen LogP contribution is 2.35. The summed E-state index contributed by atoms with van der Waals surface area (Å²) >= 11 is 0. The van der Waals surface area contributed by atoms with Crippen molar-refractivity contribution in [2.24, 2.45) is 0 Å². The Morgan fingerprint density at radius 1 is 1.13 bits per heavy atom. The standard InChI is InChI=1S/C21H18N6O3/c1-12-8-16(26-11-13(10-22)18(23)19(26)21(28)30-3)20(29-2)17(9-12)27-24-14-6-4-5-7-15(14)25-27/h4-9,11H,23H2,1-3H3. The molecule has 0 spiro atoms. The molecule has 150 valence electrons. The summed E-state index contributed by atoms with van der Waals surface area (Å²) in [5.41, 5.74) is 9.69. The fourth-order valence-electron chi connectivity index (χ4n) is 3.34. The molecule has 0 aliphatic heterocycles. The van der Waals surface area contributed by atoms with E-state index in [1.165, 1.54) is 29.8 Å². The molecule has 2 aromatic carbocycles. The third-order valence-electron chi connectivity index (χ3n) is 4.70. The molecule has 30 heavy (non-hydrogen) atoms. The minimum Gasteiger partial charge on any atom is -0.492 e. The van der Waals surface area contributed by atoms with Crippen molar-refractivity contribution in [3.05, 3.63) is 59.4 Å². The molecule has 0 unspecified atom stereocenters. The number of aromatic nitrogens is 4. The Morgan fingerprint density at radius 3 is 2.33 bits per heavy atom. The van der Waals surface area contributed by atoms with Crippen LogP contribution in [0.4, 0.5) is 5.69 Å².